The monoisotopic (exact) mass is 209 g/mol. The van der Waals surface area contributed by atoms with Crippen LogP contribution in [0.1, 0.15) is 24.9 Å². The van der Waals surface area contributed by atoms with Crippen molar-refractivity contribution in [2.24, 2.45) is 11.7 Å². The molecule has 84 valence electrons. The molecule has 2 atom stereocenters. The van der Waals surface area contributed by atoms with Crippen molar-refractivity contribution in [3.8, 4) is 5.75 Å². The van der Waals surface area contributed by atoms with Gasteiger partial charge in [-0.1, -0.05) is 19.1 Å². The second-order valence-corrected chi connectivity index (χ2v) is 3.65. The quantitative estimate of drug-likeness (QED) is 0.776. The van der Waals surface area contributed by atoms with Crippen LogP contribution in [0.4, 0.5) is 0 Å². The van der Waals surface area contributed by atoms with Crippen LogP contribution < -0.4 is 10.5 Å². The summed E-state index contributed by atoms with van der Waals surface area (Å²) >= 11 is 0. The standard InChI is InChI=1S/C12H19NO2/c1-3-9(8-14)12(13)10-5-4-6-11(7-10)15-2/h4-7,9,12,14H,3,8,13H2,1-2H3. The molecule has 0 spiro atoms. The van der Waals surface area contributed by atoms with Gasteiger partial charge in [-0.05, 0) is 24.1 Å². The molecule has 3 nitrogen and oxygen atoms in total. The Kier molecular flexibility index (Phi) is 4.59. The van der Waals surface area contributed by atoms with Gasteiger partial charge in [-0.25, -0.2) is 0 Å². The molecule has 0 fully saturated rings. The van der Waals surface area contributed by atoms with Gasteiger partial charge in [0.15, 0.2) is 0 Å². The summed E-state index contributed by atoms with van der Waals surface area (Å²) in [5.74, 6) is 0.910. The van der Waals surface area contributed by atoms with E-state index in [0.717, 1.165) is 17.7 Å². The maximum absolute atomic E-state index is 9.17. The molecule has 0 aliphatic carbocycles. The van der Waals surface area contributed by atoms with Crippen molar-refractivity contribution in [3.63, 3.8) is 0 Å². The fourth-order valence-corrected chi connectivity index (χ4v) is 1.62. The Hall–Kier alpha value is -1.06. The lowest BCUT2D eigenvalue weighted by molar-refractivity contribution is 0.200. The number of hydrogen-bond acceptors (Lipinski definition) is 3. The third kappa shape index (κ3) is 2.94. The minimum atomic E-state index is -0.130. The number of rotatable bonds is 5. The van der Waals surface area contributed by atoms with Gasteiger partial charge in [0, 0.05) is 18.6 Å². The van der Waals surface area contributed by atoms with Crippen molar-refractivity contribution in [2.75, 3.05) is 13.7 Å². The topological polar surface area (TPSA) is 55.5 Å². The first-order valence-corrected chi connectivity index (χ1v) is 5.23. The molecular weight excluding hydrogens is 190 g/mol. The molecule has 3 N–H and O–H groups in total. The maximum Gasteiger partial charge on any atom is 0.119 e. The molecule has 0 amide bonds. The Morgan fingerprint density at radius 2 is 2.20 bits per heavy atom. The zero-order valence-corrected chi connectivity index (χ0v) is 9.31. The van der Waals surface area contributed by atoms with E-state index in [9.17, 15) is 5.11 Å². The molecule has 0 bridgehead atoms. The van der Waals surface area contributed by atoms with Gasteiger partial charge >= 0.3 is 0 Å². The predicted octanol–water partition coefficient (Wildman–Crippen LogP) is 1.71. The second kappa shape index (κ2) is 5.73. The van der Waals surface area contributed by atoms with Crippen molar-refractivity contribution in [2.45, 2.75) is 19.4 Å². The highest BCUT2D eigenvalue weighted by atomic mass is 16.5. The third-order valence-corrected chi connectivity index (χ3v) is 2.75. The fraction of sp³-hybridized carbons (Fsp3) is 0.500. The smallest absolute Gasteiger partial charge is 0.119 e. The number of nitrogens with two attached hydrogens (primary N) is 1. The number of benzene rings is 1. The van der Waals surface area contributed by atoms with Gasteiger partial charge in [-0.15, -0.1) is 0 Å². The Morgan fingerprint density at radius 1 is 1.47 bits per heavy atom. The van der Waals surface area contributed by atoms with E-state index in [1.165, 1.54) is 0 Å². The molecule has 1 aromatic rings. The summed E-state index contributed by atoms with van der Waals surface area (Å²) in [6.07, 6.45) is 0.870. The molecule has 0 heterocycles. The largest absolute Gasteiger partial charge is 0.497 e. The lowest BCUT2D eigenvalue weighted by Crippen LogP contribution is -2.23. The second-order valence-electron chi connectivity index (χ2n) is 3.65. The average Bonchev–Trinajstić information content (AvgIpc) is 2.30. The van der Waals surface area contributed by atoms with E-state index in [0.29, 0.717) is 0 Å². The van der Waals surface area contributed by atoms with Gasteiger partial charge in [-0.2, -0.15) is 0 Å². The summed E-state index contributed by atoms with van der Waals surface area (Å²) in [6, 6.07) is 7.55. The Morgan fingerprint density at radius 3 is 2.73 bits per heavy atom. The van der Waals surface area contributed by atoms with E-state index in [1.807, 2.05) is 31.2 Å². The summed E-state index contributed by atoms with van der Waals surface area (Å²) in [5, 5.41) is 9.17. The lowest BCUT2D eigenvalue weighted by Gasteiger charge is -2.21. The van der Waals surface area contributed by atoms with Gasteiger partial charge < -0.3 is 15.6 Å². The molecule has 0 saturated heterocycles. The van der Waals surface area contributed by atoms with E-state index < -0.39 is 0 Å². The summed E-state index contributed by atoms with van der Waals surface area (Å²) in [4.78, 5) is 0. The van der Waals surface area contributed by atoms with Crippen LogP contribution in [-0.4, -0.2) is 18.8 Å². The van der Waals surface area contributed by atoms with Gasteiger partial charge in [0.1, 0.15) is 5.75 Å². The lowest BCUT2D eigenvalue weighted by atomic mass is 9.92. The summed E-state index contributed by atoms with van der Waals surface area (Å²) < 4.78 is 5.13. The maximum atomic E-state index is 9.17. The molecular formula is C12H19NO2. The zero-order chi connectivity index (χ0) is 11.3. The fourth-order valence-electron chi connectivity index (χ4n) is 1.62. The van der Waals surface area contributed by atoms with Gasteiger partial charge in [0.05, 0.1) is 7.11 Å². The molecule has 1 rings (SSSR count). The number of ether oxygens (including phenoxy) is 1. The van der Waals surface area contributed by atoms with E-state index >= 15 is 0 Å². The Labute approximate surface area is 90.9 Å². The van der Waals surface area contributed by atoms with Gasteiger partial charge in [0.25, 0.3) is 0 Å². The van der Waals surface area contributed by atoms with E-state index in [2.05, 4.69) is 0 Å². The zero-order valence-electron chi connectivity index (χ0n) is 9.31. The van der Waals surface area contributed by atoms with Crippen LogP contribution in [-0.2, 0) is 0 Å². The van der Waals surface area contributed by atoms with Crippen molar-refractivity contribution < 1.29 is 9.84 Å². The molecule has 0 radical (unpaired) electrons. The van der Waals surface area contributed by atoms with Gasteiger partial charge in [-0.3, -0.25) is 0 Å². The average molecular weight is 209 g/mol. The van der Waals surface area contributed by atoms with Crippen molar-refractivity contribution in [3.05, 3.63) is 29.8 Å². The predicted molar refractivity (Wildman–Crippen MR) is 60.8 cm³/mol. The Balaban J connectivity index is 2.84. The molecule has 0 saturated carbocycles. The Bertz CT molecular complexity index is 297. The minimum absolute atomic E-state index is 0.108. The third-order valence-electron chi connectivity index (χ3n) is 2.75. The van der Waals surface area contributed by atoms with Crippen LogP contribution in [0.25, 0.3) is 0 Å². The van der Waals surface area contributed by atoms with Crippen LogP contribution in [0.15, 0.2) is 24.3 Å². The number of methoxy groups -OCH3 is 1. The molecule has 3 heteroatoms. The number of aliphatic hydroxyl groups is 1. The summed E-state index contributed by atoms with van der Waals surface area (Å²) in [6.45, 7) is 2.15. The number of hydrogen-bond donors (Lipinski definition) is 2. The molecule has 15 heavy (non-hydrogen) atoms. The van der Waals surface area contributed by atoms with Crippen LogP contribution in [0.5, 0.6) is 5.75 Å². The SMILES string of the molecule is CCC(CO)C(N)c1cccc(OC)c1. The van der Waals surface area contributed by atoms with Gasteiger partial charge in [0.2, 0.25) is 0 Å². The van der Waals surface area contributed by atoms with Crippen molar-refractivity contribution in [1.29, 1.82) is 0 Å². The van der Waals surface area contributed by atoms with Crippen molar-refractivity contribution >= 4 is 0 Å². The van der Waals surface area contributed by atoms with Crippen LogP contribution in [0, 0.1) is 5.92 Å². The first kappa shape index (κ1) is 12.0. The first-order valence-electron chi connectivity index (χ1n) is 5.23. The molecule has 0 aromatic heterocycles. The molecule has 2 unspecified atom stereocenters. The number of aliphatic hydroxyl groups excluding tert-OH is 1. The van der Waals surface area contributed by atoms with E-state index in [-0.39, 0.29) is 18.6 Å². The minimum Gasteiger partial charge on any atom is -0.497 e. The summed E-state index contributed by atoms with van der Waals surface area (Å²) in [7, 11) is 1.63. The van der Waals surface area contributed by atoms with Crippen molar-refractivity contribution in [1.82, 2.24) is 0 Å². The first-order chi connectivity index (χ1) is 7.22. The highest BCUT2D eigenvalue weighted by Gasteiger charge is 2.17. The van der Waals surface area contributed by atoms with E-state index in [1.54, 1.807) is 7.11 Å². The summed E-state index contributed by atoms with van der Waals surface area (Å²) in [5.41, 5.74) is 7.08. The molecule has 0 aliphatic rings. The molecule has 1 aromatic carbocycles. The highest BCUT2D eigenvalue weighted by Crippen LogP contribution is 2.24. The highest BCUT2D eigenvalue weighted by molar-refractivity contribution is 5.30. The van der Waals surface area contributed by atoms with E-state index in [4.69, 9.17) is 10.5 Å². The van der Waals surface area contributed by atoms with Crippen LogP contribution in [0.2, 0.25) is 0 Å². The van der Waals surface area contributed by atoms with Crippen LogP contribution >= 0.6 is 0 Å². The van der Waals surface area contributed by atoms with Crippen LogP contribution in [0.3, 0.4) is 0 Å². The molecule has 0 aliphatic heterocycles. The normalized spacial score (nSPS) is 14.7.